The first-order valence-corrected chi connectivity index (χ1v) is 7.74. The summed E-state index contributed by atoms with van der Waals surface area (Å²) in [5.74, 6) is 0.456. The van der Waals surface area contributed by atoms with Gasteiger partial charge in [0.05, 0.1) is 17.0 Å². The van der Waals surface area contributed by atoms with Crippen molar-refractivity contribution in [3.63, 3.8) is 0 Å². The fourth-order valence-electron chi connectivity index (χ4n) is 1.73. The molecular formula is C13H12N4OS2. The third-order valence-corrected chi connectivity index (χ3v) is 4.54. The van der Waals surface area contributed by atoms with Gasteiger partial charge in [-0.15, -0.1) is 22.7 Å². The van der Waals surface area contributed by atoms with Crippen molar-refractivity contribution in [2.75, 3.05) is 5.32 Å². The maximum Gasteiger partial charge on any atom is 0.231 e. The van der Waals surface area contributed by atoms with Gasteiger partial charge >= 0.3 is 0 Å². The quantitative estimate of drug-likeness (QED) is 0.806. The van der Waals surface area contributed by atoms with Crippen molar-refractivity contribution in [1.29, 1.82) is 0 Å². The smallest absolute Gasteiger partial charge is 0.231 e. The first-order valence-electron chi connectivity index (χ1n) is 5.98. The van der Waals surface area contributed by atoms with E-state index in [1.54, 1.807) is 39.6 Å². The average molecular weight is 304 g/mol. The number of anilines is 1. The third kappa shape index (κ3) is 2.94. The molecule has 3 rings (SSSR count). The summed E-state index contributed by atoms with van der Waals surface area (Å²) in [6.07, 6.45) is 2.05. The number of thiophene rings is 1. The number of hydrogen-bond acceptors (Lipinski definition) is 5. The number of aryl methyl sites for hydroxylation is 1. The molecule has 0 saturated carbocycles. The minimum absolute atomic E-state index is 0.105. The van der Waals surface area contributed by atoms with Gasteiger partial charge in [0, 0.05) is 24.7 Å². The summed E-state index contributed by atoms with van der Waals surface area (Å²) in [4.78, 5) is 17.5. The molecule has 1 amide bonds. The van der Waals surface area contributed by atoms with E-state index in [1.165, 1.54) is 0 Å². The Hall–Kier alpha value is -1.99. The normalized spacial score (nSPS) is 10.7. The predicted octanol–water partition coefficient (Wildman–Crippen LogP) is 2.79. The Labute approximate surface area is 123 Å². The Kier molecular flexibility index (Phi) is 3.62. The zero-order valence-corrected chi connectivity index (χ0v) is 12.4. The topological polar surface area (TPSA) is 59.8 Å². The molecule has 0 aliphatic carbocycles. The van der Waals surface area contributed by atoms with Gasteiger partial charge in [0.2, 0.25) is 5.91 Å². The second-order valence-corrected chi connectivity index (χ2v) is 6.03. The highest BCUT2D eigenvalue weighted by molar-refractivity contribution is 7.20. The summed E-state index contributed by atoms with van der Waals surface area (Å²) < 4.78 is 1.65. The van der Waals surface area contributed by atoms with E-state index in [0.29, 0.717) is 5.82 Å². The van der Waals surface area contributed by atoms with Crippen LogP contribution in [-0.2, 0) is 18.3 Å². The molecule has 1 N–H and O–H groups in total. The molecule has 7 heteroatoms. The molecule has 0 aromatic carbocycles. The maximum absolute atomic E-state index is 11.9. The highest BCUT2D eigenvalue weighted by Gasteiger charge is 2.10. The van der Waals surface area contributed by atoms with Gasteiger partial charge in [-0.25, -0.2) is 4.98 Å². The lowest BCUT2D eigenvalue weighted by atomic mass is 10.3. The molecule has 5 nitrogen and oxygen atoms in total. The summed E-state index contributed by atoms with van der Waals surface area (Å²) in [5.41, 5.74) is 0.784. The zero-order chi connectivity index (χ0) is 13.9. The average Bonchev–Trinajstić information content (AvgIpc) is 3.10. The van der Waals surface area contributed by atoms with Crippen LogP contribution in [0.3, 0.4) is 0 Å². The number of carbonyl (C=O) groups is 1. The second-order valence-electron chi connectivity index (χ2n) is 4.22. The number of rotatable bonds is 4. The van der Waals surface area contributed by atoms with Crippen molar-refractivity contribution in [1.82, 2.24) is 14.8 Å². The third-order valence-electron chi connectivity index (χ3n) is 2.61. The van der Waals surface area contributed by atoms with Crippen LogP contribution in [0.4, 0.5) is 5.82 Å². The molecule has 0 unspecified atom stereocenters. The lowest BCUT2D eigenvalue weighted by Gasteiger charge is -1.99. The lowest BCUT2D eigenvalue weighted by Crippen LogP contribution is -2.15. The number of amides is 1. The van der Waals surface area contributed by atoms with E-state index in [4.69, 9.17) is 0 Å². The molecule has 0 radical (unpaired) electrons. The highest BCUT2D eigenvalue weighted by atomic mass is 32.1. The number of aromatic nitrogens is 3. The van der Waals surface area contributed by atoms with E-state index >= 15 is 0 Å². The van der Waals surface area contributed by atoms with E-state index in [0.717, 1.165) is 15.6 Å². The van der Waals surface area contributed by atoms with Gasteiger partial charge in [-0.1, -0.05) is 6.07 Å². The van der Waals surface area contributed by atoms with Gasteiger partial charge < -0.3 is 5.32 Å². The molecule has 0 aliphatic rings. The van der Waals surface area contributed by atoms with Crippen molar-refractivity contribution in [3.05, 3.63) is 40.8 Å². The van der Waals surface area contributed by atoms with Crippen LogP contribution in [0.1, 0.15) is 5.69 Å². The molecule has 102 valence electrons. The molecule has 0 spiro atoms. The molecule has 0 fully saturated rings. The van der Waals surface area contributed by atoms with E-state index in [9.17, 15) is 4.79 Å². The first-order chi connectivity index (χ1) is 9.70. The standard InChI is InChI=1S/C13H12N4OS2/c1-17-5-4-11(16-17)15-12(18)7-9-8-20-13(14-9)10-3-2-6-19-10/h2-6,8H,7H2,1H3,(H,15,16,18). The molecule has 3 aromatic heterocycles. The second kappa shape index (κ2) is 5.56. The number of hydrogen-bond donors (Lipinski definition) is 1. The van der Waals surface area contributed by atoms with Crippen molar-refractivity contribution >= 4 is 34.4 Å². The van der Waals surface area contributed by atoms with Crippen LogP contribution in [0.15, 0.2) is 35.2 Å². The SMILES string of the molecule is Cn1ccc(NC(=O)Cc2csc(-c3cccs3)n2)n1. The molecule has 0 bridgehead atoms. The van der Waals surface area contributed by atoms with Gasteiger partial charge in [-0.3, -0.25) is 9.48 Å². The van der Waals surface area contributed by atoms with E-state index in [1.807, 2.05) is 29.9 Å². The minimum Gasteiger partial charge on any atom is -0.309 e. The van der Waals surface area contributed by atoms with Crippen LogP contribution in [0, 0.1) is 0 Å². The summed E-state index contributed by atoms with van der Waals surface area (Å²) in [5, 5.41) is 11.8. The predicted molar refractivity (Wildman–Crippen MR) is 81.0 cm³/mol. The van der Waals surface area contributed by atoms with E-state index < -0.39 is 0 Å². The highest BCUT2D eigenvalue weighted by Crippen LogP contribution is 2.27. The largest absolute Gasteiger partial charge is 0.309 e. The van der Waals surface area contributed by atoms with Crippen molar-refractivity contribution in [2.24, 2.45) is 7.05 Å². The molecule has 3 heterocycles. The fourth-order valence-corrected chi connectivity index (χ4v) is 3.37. The number of thiazole rings is 1. The number of nitrogens with one attached hydrogen (secondary N) is 1. The van der Waals surface area contributed by atoms with Crippen LogP contribution >= 0.6 is 22.7 Å². The van der Waals surface area contributed by atoms with Crippen molar-refractivity contribution < 1.29 is 4.79 Å². The van der Waals surface area contributed by atoms with Crippen LogP contribution in [0.2, 0.25) is 0 Å². The van der Waals surface area contributed by atoms with Gasteiger partial charge in [0.25, 0.3) is 0 Å². The number of nitrogens with zero attached hydrogens (tertiary/aromatic N) is 3. The van der Waals surface area contributed by atoms with Crippen LogP contribution in [-0.4, -0.2) is 20.7 Å². The first kappa shape index (κ1) is 13.0. The van der Waals surface area contributed by atoms with Crippen molar-refractivity contribution in [2.45, 2.75) is 6.42 Å². The Morgan fingerprint density at radius 2 is 2.30 bits per heavy atom. The maximum atomic E-state index is 11.9. The minimum atomic E-state index is -0.105. The zero-order valence-electron chi connectivity index (χ0n) is 10.7. The summed E-state index contributed by atoms with van der Waals surface area (Å²) >= 11 is 3.21. The number of carbonyl (C=O) groups excluding carboxylic acids is 1. The van der Waals surface area contributed by atoms with Gasteiger partial charge in [0.15, 0.2) is 5.82 Å². The van der Waals surface area contributed by atoms with Gasteiger partial charge in [0.1, 0.15) is 5.01 Å². The Bertz CT molecular complexity index is 714. The summed E-state index contributed by atoms with van der Waals surface area (Å²) in [7, 11) is 1.81. The van der Waals surface area contributed by atoms with Crippen LogP contribution < -0.4 is 5.32 Å². The van der Waals surface area contributed by atoms with Crippen LogP contribution in [0.25, 0.3) is 9.88 Å². The van der Waals surface area contributed by atoms with E-state index in [-0.39, 0.29) is 12.3 Å². The molecule has 0 atom stereocenters. The lowest BCUT2D eigenvalue weighted by molar-refractivity contribution is -0.115. The monoisotopic (exact) mass is 304 g/mol. The van der Waals surface area contributed by atoms with Gasteiger partial charge in [-0.05, 0) is 11.4 Å². The van der Waals surface area contributed by atoms with Gasteiger partial charge in [-0.2, -0.15) is 5.10 Å². The van der Waals surface area contributed by atoms with E-state index in [2.05, 4.69) is 15.4 Å². The Morgan fingerprint density at radius 1 is 1.40 bits per heavy atom. The van der Waals surface area contributed by atoms with Crippen LogP contribution in [0.5, 0.6) is 0 Å². The fraction of sp³-hybridized carbons (Fsp3) is 0.154. The molecule has 0 aliphatic heterocycles. The summed E-state index contributed by atoms with van der Waals surface area (Å²) in [6.45, 7) is 0. The molecule has 0 saturated heterocycles. The Morgan fingerprint density at radius 3 is 3.00 bits per heavy atom. The molecule has 20 heavy (non-hydrogen) atoms. The van der Waals surface area contributed by atoms with Crippen molar-refractivity contribution in [3.8, 4) is 9.88 Å². The molecular weight excluding hydrogens is 292 g/mol. The Balaban J connectivity index is 1.64. The summed E-state index contributed by atoms with van der Waals surface area (Å²) in [6, 6.07) is 5.78. The molecule has 3 aromatic rings.